The third-order valence-corrected chi connectivity index (χ3v) is 7.88. The Labute approximate surface area is 193 Å². The second-order valence-electron chi connectivity index (χ2n) is 9.81. The number of carbonyl (C=O) groups excluding carboxylic acids is 3. The molecule has 9 nitrogen and oxygen atoms in total. The molecule has 0 unspecified atom stereocenters. The Bertz CT molecular complexity index is 937. The fourth-order valence-electron chi connectivity index (χ4n) is 5.98. The summed E-state index contributed by atoms with van der Waals surface area (Å²) in [7, 11) is 1.60. The number of ether oxygens (including phenoxy) is 1. The summed E-state index contributed by atoms with van der Waals surface area (Å²) in [5.41, 5.74) is 0.104. The van der Waals surface area contributed by atoms with Crippen LogP contribution in [0.25, 0.3) is 0 Å². The van der Waals surface area contributed by atoms with Gasteiger partial charge in [-0.15, -0.1) is 0 Å². The van der Waals surface area contributed by atoms with E-state index in [1.54, 1.807) is 14.0 Å². The Kier molecular flexibility index (Phi) is 5.66. The molecule has 0 radical (unpaired) electrons. The molecular formula is C24H32N4O5. The minimum atomic E-state index is -0.764. The van der Waals surface area contributed by atoms with E-state index in [1.165, 1.54) is 4.90 Å². The third kappa shape index (κ3) is 3.72. The van der Waals surface area contributed by atoms with Crippen molar-refractivity contribution in [3.05, 3.63) is 29.8 Å². The largest absolute Gasteiger partial charge is 0.497 e. The van der Waals surface area contributed by atoms with Gasteiger partial charge in [0.2, 0.25) is 11.8 Å². The summed E-state index contributed by atoms with van der Waals surface area (Å²) in [6, 6.07) is 7.27. The van der Waals surface area contributed by atoms with Gasteiger partial charge < -0.3 is 14.7 Å². The molecule has 3 amide bonds. The van der Waals surface area contributed by atoms with Gasteiger partial charge in [-0.1, -0.05) is 12.1 Å². The molecule has 4 fully saturated rings. The highest BCUT2D eigenvalue weighted by molar-refractivity contribution is 6.06. The summed E-state index contributed by atoms with van der Waals surface area (Å²) in [4.78, 5) is 46.2. The Morgan fingerprint density at radius 2 is 1.82 bits per heavy atom. The molecule has 4 heterocycles. The molecule has 1 aromatic rings. The number of hydrogen-bond acceptors (Lipinski definition) is 7. The first-order valence-electron chi connectivity index (χ1n) is 11.8. The first-order valence-corrected chi connectivity index (χ1v) is 11.8. The Morgan fingerprint density at radius 3 is 2.42 bits per heavy atom. The summed E-state index contributed by atoms with van der Waals surface area (Å²) < 4.78 is 5.21. The van der Waals surface area contributed by atoms with Crippen molar-refractivity contribution in [2.45, 2.75) is 56.5 Å². The maximum atomic E-state index is 13.8. The number of aliphatic hydroxyl groups is 1. The molecule has 1 aromatic carbocycles. The highest BCUT2D eigenvalue weighted by atomic mass is 16.5. The molecule has 0 saturated carbocycles. The molecular weight excluding hydrogens is 424 g/mol. The predicted molar refractivity (Wildman–Crippen MR) is 119 cm³/mol. The molecule has 4 aliphatic rings. The van der Waals surface area contributed by atoms with Crippen LogP contribution in [0.15, 0.2) is 24.3 Å². The number of hydrogen-bond donors (Lipinski definition) is 1. The van der Waals surface area contributed by atoms with Crippen LogP contribution in [0.3, 0.4) is 0 Å². The standard InChI is InChI=1S/C24H32N4O5/c1-16(29)25-9-7-18(8-10-25)26-14-24(15-26)23(32)27(12-17-3-5-20(33-2)6-4-17)22(31)21-11-19(30)13-28(21)24/h3-6,18-19,21,30H,7-15H2,1-2H3/t19-,21+/m1/s1. The van der Waals surface area contributed by atoms with Crippen molar-refractivity contribution in [1.29, 1.82) is 0 Å². The van der Waals surface area contributed by atoms with Crippen LogP contribution in [0.5, 0.6) is 5.75 Å². The van der Waals surface area contributed by atoms with Crippen molar-refractivity contribution in [2.75, 3.05) is 39.8 Å². The highest BCUT2D eigenvalue weighted by Crippen LogP contribution is 2.42. The molecule has 4 aliphatic heterocycles. The molecule has 9 heteroatoms. The second-order valence-corrected chi connectivity index (χ2v) is 9.81. The lowest BCUT2D eigenvalue weighted by Crippen LogP contribution is -2.82. The lowest BCUT2D eigenvalue weighted by Gasteiger charge is -2.60. The van der Waals surface area contributed by atoms with E-state index in [1.807, 2.05) is 34.1 Å². The average molecular weight is 457 g/mol. The van der Waals surface area contributed by atoms with Crippen molar-refractivity contribution in [3.8, 4) is 5.75 Å². The maximum Gasteiger partial charge on any atom is 0.252 e. The number of aliphatic hydroxyl groups excluding tert-OH is 1. The topological polar surface area (TPSA) is 93.6 Å². The van der Waals surface area contributed by atoms with Crippen LogP contribution in [-0.2, 0) is 20.9 Å². The Balaban J connectivity index is 1.33. The summed E-state index contributed by atoms with van der Waals surface area (Å²) in [6.07, 6.45) is 1.55. The van der Waals surface area contributed by atoms with Gasteiger partial charge in [0, 0.05) is 45.7 Å². The zero-order chi connectivity index (χ0) is 23.3. The number of rotatable bonds is 4. The first kappa shape index (κ1) is 22.3. The molecule has 0 aromatic heterocycles. The highest BCUT2D eigenvalue weighted by Gasteiger charge is 2.64. The predicted octanol–water partition coefficient (Wildman–Crippen LogP) is 0.0645. The van der Waals surface area contributed by atoms with Crippen LogP contribution in [0.2, 0.25) is 0 Å². The Hall–Kier alpha value is -2.49. The van der Waals surface area contributed by atoms with E-state index in [9.17, 15) is 19.5 Å². The van der Waals surface area contributed by atoms with E-state index in [0.29, 0.717) is 32.1 Å². The van der Waals surface area contributed by atoms with Gasteiger partial charge in [-0.3, -0.25) is 29.1 Å². The minimum absolute atomic E-state index is 0.109. The number of piperazine rings is 1. The molecule has 33 heavy (non-hydrogen) atoms. The number of nitrogens with zero attached hydrogens (tertiary/aromatic N) is 4. The fraction of sp³-hybridized carbons (Fsp3) is 0.625. The number of fused-ring (bicyclic) bond motifs is 2. The average Bonchev–Trinajstić information content (AvgIpc) is 3.18. The van der Waals surface area contributed by atoms with Crippen molar-refractivity contribution < 1.29 is 24.2 Å². The lowest BCUT2D eigenvalue weighted by atomic mass is 9.80. The monoisotopic (exact) mass is 456 g/mol. The fourth-order valence-corrected chi connectivity index (χ4v) is 5.98. The van der Waals surface area contributed by atoms with Gasteiger partial charge in [0.05, 0.1) is 25.8 Å². The van der Waals surface area contributed by atoms with E-state index < -0.39 is 17.7 Å². The van der Waals surface area contributed by atoms with Gasteiger partial charge in [0.15, 0.2) is 0 Å². The van der Waals surface area contributed by atoms with Crippen molar-refractivity contribution in [1.82, 2.24) is 19.6 Å². The number of methoxy groups -OCH3 is 1. The van der Waals surface area contributed by atoms with E-state index >= 15 is 0 Å². The van der Waals surface area contributed by atoms with Gasteiger partial charge in [-0.05, 0) is 37.0 Å². The van der Waals surface area contributed by atoms with E-state index in [-0.39, 0.29) is 24.3 Å². The van der Waals surface area contributed by atoms with Gasteiger partial charge in [0.1, 0.15) is 11.3 Å². The van der Waals surface area contributed by atoms with Crippen LogP contribution in [0.1, 0.15) is 31.7 Å². The number of carbonyl (C=O) groups is 3. The smallest absolute Gasteiger partial charge is 0.252 e. The van der Waals surface area contributed by atoms with Crippen LogP contribution < -0.4 is 4.74 Å². The lowest BCUT2D eigenvalue weighted by molar-refractivity contribution is -0.184. The number of piperidine rings is 1. The third-order valence-electron chi connectivity index (χ3n) is 7.88. The number of β-amino-alcohol motifs (C(OH)–C–C–N with tert-alkyl or cyclic N) is 1. The van der Waals surface area contributed by atoms with Crippen LogP contribution >= 0.6 is 0 Å². The van der Waals surface area contributed by atoms with Crippen LogP contribution in [0.4, 0.5) is 0 Å². The zero-order valence-electron chi connectivity index (χ0n) is 19.3. The summed E-state index contributed by atoms with van der Waals surface area (Å²) in [6.45, 7) is 4.79. The van der Waals surface area contributed by atoms with E-state index in [4.69, 9.17) is 4.74 Å². The molecule has 0 bridgehead atoms. The minimum Gasteiger partial charge on any atom is -0.497 e. The number of likely N-dealkylation sites (tertiary alicyclic amines) is 2. The van der Waals surface area contributed by atoms with Crippen molar-refractivity contribution >= 4 is 17.7 Å². The second kappa shape index (κ2) is 8.38. The first-order chi connectivity index (χ1) is 15.8. The number of imide groups is 1. The van der Waals surface area contributed by atoms with Crippen LogP contribution in [0, 0.1) is 0 Å². The molecule has 1 N–H and O–H groups in total. The van der Waals surface area contributed by atoms with Gasteiger partial charge in [-0.2, -0.15) is 0 Å². The van der Waals surface area contributed by atoms with Gasteiger partial charge >= 0.3 is 0 Å². The van der Waals surface area contributed by atoms with Crippen molar-refractivity contribution in [2.24, 2.45) is 0 Å². The SMILES string of the molecule is COc1ccc(CN2C(=O)[C@@H]3C[C@@H](O)CN3C3(CN(C4CCN(C(C)=O)CC4)C3)C2=O)cc1. The zero-order valence-corrected chi connectivity index (χ0v) is 19.3. The number of benzene rings is 1. The summed E-state index contributed by atoms with van der Waals surface area (Å²) >= 11 is 0. The normalized spacial score (nSPS) is 28.2. The van der Waals surface area contributed by atoms with Crippen molar-refractivity contribution in [3.63, 3.8) is 0 Å². The van der Waals surface area contributed by atoms with Gasteiger partial charge in [-0.25, -0.2) is 0 Å². The van der Waals surface area contributed by atoms with Crippen LogP contribution in [-0.4, -0.2) is 106 Å². The molecule has 1 spiro atoms. The molecule has 2 atom stereocenters. The van der Waals surface area contributed by atoms with Gasteiger partial charge in [0.25, 0.3) is 5.91 Å². The maximum absolute atomic E-state index is 13.8. The number of amides is 3. The van der Waals surface area contributed by atoms with E-state index in [0.717, 1.165) is 37.2 Å². The van der Waals surface area contributed by atoms with E-state index in [2.05, 4.69) is 4.90 Å². The Morgan fingerprint density at radius 1 is 1.15 bits per heavy atom. The summed E-state index contributed by atoms with van der Waals surface area (Å²) in [5, 5.41) is 10.4. The quantitative estimate of drug-likeness (QED) is 0.641. The molecule has 5 rings (SSSR count). The molecule has 178 valence electrons. The molecule has 0 aliphatic carbocycles. The summed E-state index contributed by atoms with van der Waals surface area (Å²) in [5.74, 6) is 0.455. The molecule has 4 saturated heterocycles.